The van der Waals surface area contributed by atoms with Gasteiger partial charge in [-0.25, -0.2) is 4.79 Å². The molecule has 0 aliphatic carbocycles. The molecule has 2 amide bonds. The number of hydrogen-bond donors (Lipinski definition) is 3. The topological polar surface area (TPSA) is 140 Å². The molecule has 0 aliphatic rings. The summed E-state index contributed by atoms with van der Waals surface area (Å²) < 4.78 is 5.02. The number of carbonyl (C=O) groups is 3. The van der Waals surface area contributed by atoms with Gasteiger partial charge in [0.25, 0.3) is 5.91 Å². The van der Waals surface area contributed by atoms with E-state index in [1.54, 1.807) is 13.0 Å². The number of amides is 2. The van der Waals surface area contributed by atoms with Gasteiger partial charge in [0.1, 0.15) is 5.58 Å². The van der Waals surface area contributed by atoms with Crippen molar-refractivity contribution in [2.24, 2.45) is 5.73 Å². The Hall–Kier alpha value is -3.00. The molecule has 0 saturated carbocycles. The number of rotatable bonds is 4. The number of imide groups is 1. The van der Waals surface area contributed by atoms with E-state index in [1.165, 1.54) is 18.2 Å². The van der Waals surface area contributed by atoms with Gasteiger partial charge in [-0.05, 0) is 24.6 Å². The number of nitrogens with one attached hydrogen (secondary N) is 1. The number of carboxylic acids is 1. The van der Waals surface area contributed by atoms with Crippen LogP contribution in [-0.2, 0) is 9.59 Å². The molecule has 2 aromatic rings. The van der Waals surface area contributed by atoms with Crippen molar-refractivity contribution in [1.29, 1.82) is 0 Å². The summed E-state index contributed by atoms with van der Waals surface area (Å²) in [5, 5.41) is 11.2. The van der Waals surface area contributed by atoms with E-state index in [2.05, 4.69) is 0 Å². The van der Waals surface area contributed by atoms with Crippen molar-refractivity contribution in [2.45, 2.75) is 19.4 Å². The number of carbonyl (C=O) groups excluding carboxylic acids is 2. The molecule has 1 aromatic heterocycles. The van der Waals surface area contributed by atoms with E-state index in [0.717, 1.165) is 0 Å². The van der Waals surface area contributed by atoms with Gasteiger partial charge < -0.3 is 15.3 Å². The molecule has 2 rings (SSSR count). The largest absolute Gasteiger partial charge is 0.481 e. The van der Waals surface area contributed by atoms with Gasteiger partial charge in [-0.1, -0.05) is 6.07 Å². The minimum atomic E-state index is -1.34. The third kappa shape index (κ3) is 3.80. The average molecular weight is 318 g/mol. The van der Waals surface area contributed by atoms with Crippen molar-refractivity contribution >= 4 is 28.8 Å². The molecule has 1 aromatic carbocycles. The molecule has 0 radical (unpaired) electrons. The number of nitrogens with two attached hydrogens (primary N) is 1. The fourth-order valence-corrected chi connectivity index (χ4v) is 2.02. The summed E-state index contributed by atoms with van der Waals surface area (Å²) >= 11 is 0. The van der Waals surface area contributed by atoms with Gasteiger partial charge in [0.05, 0.1) is 12.5 Å². The van der Waals surface area contributed by atoms with Crippen LogP contribution < -0.4 is 16.7 Å². The second-order valence-electron chi connectivity index (χ2n) is 4.98. The predicted octanol–water partition coefficient (Wildman–Crippen LogP) is 0.160. The molecule has 1 atom stereocenters. The standard InChI is InChI=1S/C15H14N2O6/c1-7-4-13(20)23-11-5-8(2-3-9(7)11)14(21)17-15(22)10(16)6-12(18)19/h2-5,10H,6,16H2,1H3,(H,18,19)(H,17,21,22)/t10-/m0/s1. The van der Waals surface area contributed by atoms with Crippen molar-refractivity contribution in [3.63, 3.8) is 0 Å². The Bertz CT molecular complexity index is 855. The minimum absolute atomic E-state index is 0.0853. The summed E-state index contributed by atoms with van der Waals surface area (Å²) in [6.07, 6.45) is -0.592. The summed E-state index contributed by atoms with van der Waals surface area (Å²) in [5.74, 6) is -2.91. The van der Waals surface area contributed by atoms with E-state index >= 15 is 0 Å². The third-order valence-corrected chi connectivity index (χ3v) is 3.18. The van der Waals surface area contributed by atoms with E-state index < -0.39 is 35.9 Å². The normalized spacial score (nSPS) is 11.9. The Labute approximate surface area is 129 Å². The highest BCUT2D eigenvalue weighted by Crippen LogP contribution is 2.17. The van der Waals surface area contributed by atoms with Crippen LogP contribution in [0, 0.1) is 6.92 Å². The molecule has 4 N–H and O–H groups in total. The first-order valence-corrected chi connectivity index (χ1v) is 6.65. The molecule has 23 heavy (non-hydrogen) atoms. The van der Waals surface area contributed by atoms with Crippen molar-refractivity contribution in [3.05, 3.63) is 45.8 Å². The van der Waals surface area contributed by atoms with Crippen LogP contribution in [0.15, 0.2) is 33.5 Å². The fourth-order valence-electron chi connectivity index (χ4n) is 2.02. The fraction of sp³-hybridized carbons (Fsp3) is 0.200. The van der Waals surface area contributed by atoms with E-state index in [0.29, 0.717) is 10.9 Å². The van der Waals surface area contributed by atoms with Crippen LogP contribution in [0.1, 0.15) is 22.3 Å². The smallest absolute Gasteiger partial charge is 0.336 e. The Morgan fingerprint density at radius 2 is 2.00 bits per heavy atom. The minimum Gasteiger partial charge on any atom is -0.481 e. The first-order valence-electron chi connectivity index (χ1n) is 6.65. The maximum Gasteiger partial charge on any atom is 0.336 e. The lowest BCUT2D eigenvalue weighted by molar-refractivity contribution is -0.139. The molecule has 0 spiro atoms. The Morgan fingerprint density at radius 1 is 1.30 bits per heavy atom. The van der Waals surface area contributed by atoms with Crippen molar-refractivity contribution in [2.75, 3.05) is 0 Å². The molecule has 120 valence electrons. The van der Waals surface area contributed by atoms with E-state index in [-0.39, 0.29) is 11.1 Å². The SMILES string of the molecule is Cc1cc(=O)oc2cc(C(=O)NC(=O)[C@@H](N)CC(=O)O)ccc12. The number of fused-ring (bicyclic) bond motifs is 1. The Kier molecular flexibility index (Phi) is 4.56. The summed E-state index contributed by atoms with van der Waals surface area (Å²) in [7, 11) is 0. The molecule has 8 nitrogen and oxygen atoms in total. The number of aliphatic carboxylic acids is 1. The average Bonchev–Trinajstić information content (AvgIpc) is 2.45. The molecule has 0 saturated heterocycles. The zero-order valence-electron chi connectivity index (χ0n) is 12.2. The highest BCUT2D eigenvalue weighted by Gasteiger charge is 2.20. The summed E-state index contributed by atoms with van der Waals surface area (Å²) in [5.41, 5.74) is 5.82. The highest BCUT2D eigenvalue weighted by atomic mass is 16.4. The zero-order valence-corrected chi connectivity index (χ0v) is 12.2. The van der Waals surface area contributed by atoms with Gasteiger partial charge in [-0.3, -0.25) is 19.7 Å². The molecular formula is C15H14N2O6. The van der Waals surface area contributed by atoms with Crippen molar-refractivity contribution < 1.29 is 23.9 Å². The molecule has 0 aliphatic heterocycles. The maximum absolute atomic E-state index is 12.0. The molecule has 0 bridgehead atoms. The second kappa shape index (κ2) is 6.41. The van der Waals surface area contributed by atoms with Crippen molar-refractivity contribution in [3.8, 4) is 0 Å². The molecular weight excluding hydrogens is 304 g/mol. The summed E-state index contributed by atoms with van der Waals surface area (Å²) in [6.45, 7) is 1.73. The summed E-state index contributed by atoms with van der Waals surface area (Å²) in [6, 6.07) is 4.37. The van der Waals surface area contributed by atoms with Crippen LogP contribution in [0.3, 0.4) is 0 Å². The van der Waals surface area contributed by atoms with E-state index in [9.17, 15) is 19.2 Å². The Balaban J connectivity index is 2.23. The van der Waals surface area contributed by atoms with Crippen LogP contribution in [0.25, 0.3) is 11.0 Å². The number of benzene rings is 1. The lowest BCUT2D eigenvalue weighted by Crippen LogP contribution is -2.44. The lowest BCUT2D eigenvalue weighted by Gasteiger charge is -2.09. The van der Waals surface area contributed by atoms with Gasteiger partial charge >= 0.3 is 11.6 Å². The Morgan fingerprint density at radius 3 is 2.65 bits per heavy atom. The molecule has 1 heterocycles. The number of aryl methyl sites for hydroxylation is 1. The molecule has 0 fully saturated rings. The van der Waals surface area contributed by atoms with Gasteiger partial charge in [0.15, 0.2) is 0 Å². The third-order valence-electron chi connectivity index (χ3n) is 3.18. The second-order valence-corrected chi connectivity index (χ2v) is 4.98. The lowest BCUT2D eigenvalue weighted by atomic mass is 10.1. The monoisotopic (exact) mass is 318 g/mol. The molecule has 8 heteroatoms. The zero-order chi connectivity index (χ0) is 17.1. The van der Waals surface area contributed by atoms with Gasteiger partial charge in [-0.2, -0.15) is 0 Å². The van der Waals surface area contributed by atoms with Crippen LogP contribution >= 0.6 is 0 Å². The van der Waals surface area contributed by atoms with Crippen LogP contribution in [0.4, 0.5) is 0 Å². The van der Waals surface area contributed by atoms with Crippen LogP contribution in [0.5, 0.6) is 0 Å². The van der Waals surface area contributed by atoms with E-state index in [4.69, 9.17) is 15.3 Å². The quantitative estimate of drug-likeness (QED) is 0.682. The summed E-state index contributed by atoms with van der Waals surface area (Å²) in [4.78, 5) is 45.5. The highest BCUT2D eigenvalue weighted by molar-refractivity contribution is 6.07. The van der Waals surface area contributed by atoms with Gasteiger partial charge in [0.2, 0.25) is 5.91 Å². The van der Waals surface area contributed by atoms with Crippen LogP contribution in [0.2, 0.25) is 0 Å². The van der Waals surface area contributed by atoms with Crippen molar-refractivity contribution in [1.82, 2.24) is 5.32 Å². The van der Waals surface area contributed by atoms with Gasteiger partial charge in [0, 0.05) is 17.0 Å². The predicted molar refractivity (Wildman–Crippen MR) is 79.9 cm³/mol. The van der Waals surface area contributed by atoms with E-state index in [1.807, 2.05) is 5.32 Å². The van der Waals surface area contributed by atoms with Crippen LogP contribution in [-0.4, -0.2) is 28.9 Å². The first kappa shape index (κ1) is 16.4. The van der Waals surface area contributed by atoms with Gasteiger partial charge in [-0.15, -0.1) is 0 Å². The molecule has 0 unspecified atom stereocenters. The first-order chi connectivity index (χ1) is 10.8. The number of carboxylic acid groups (broad SMARTS) is 1. The number of hydrogen-bond acceptors (Lipinski definition) is 6. The maximum atomic E-state index is 12.0.